The quantitative estimate of drug-likeness (QED) is 0.913. The minimum absolute atomic E-state index is 0.264. The van der Waals surface area contributed by atoms with Gasteiger partial charge in [0.2, 0.25) is 0 Å². The zero-order valence-corrected chi connectivity index (χ0v) is 15.5. The highest BCUT2D eigenvalue weighted by atomic mass is 16.5. The van der Waals surface area contributed by atoms with Gasteiger partial charge in [-0.1, -0.05) is 6.07 Å². The predicted molar refractivity (Wildman–Crippen MR) is 94.8 cm³/mol. The number of aromatic hydroxyl groups is 1. The highest BCUT2D eigenvalue weighted by Crippen LogP contribution is 2.60. The number of methoxy groups -OCH3 is 3. The molecule has 3 atom stereocenters. The fraction of sp³-hybridized carbons (Fsp3) is 0.600. The van der Waals surface area contributed by atoms with Crippen molar-refractivity contribution in [2.24, 2.45) is 5.92 Å². The first-order valence-corrected chi connectivity index (χ1v) is 8.99. The average Bonchev–Trinajstić information content (AvgIpc) is 2.63. The lowest BCUT2D eigenvalue weighted by atomic mass is 9.53. The van der Waals surface area contributed by atoms with Crippen molar-refractivity contribution in [3.05, 3.63) is 34.8 Å². The Morgan fingerprint density at radius 3 is 2.64 bits per heavy atom. The Bertz CT molecular complexity index is 729. The Morgan fingerprint density at radius 2 is 1.96 bits per heavy atom. The number of hydrogen-bond acceptors (Lipinski definition) is 5. The van der Waals surface area contributed by atoms with Crippen LogP contribution >= 0.6 is 0 Å². The van der Waals surface area contributed by atoms with Crippen molar-refractivity contribution in [3.63, 3.8) is 0 Å². The van der Waals surface area contributed by atoms with Gasteiger partial charge in [0.15, 0.2) is 11.5 Å². The zero-order chi connectivity index (χ0) is 17.8. The minimum Gasteiger partial charge on any atom is -0.504 e. The van der Waals surface area contributed by atoms with E-state index in [1.54, 1.807) is 21.3 Å². The number of phenolic OH excluding ortho intramolecular Hbond substituents is 1. The lowest BCUT2D eigenvalue weighted by molar-refractivity contribution is -0.00566. The van der Waals surface area contributed by atoms with Gasteiger partial charge in [-0.3, -0.25) is 0 Å². The van der Waals surface area contributed by atoms with E-state index in [9.17, 15) is 5.11 Å². The largest absolute Gasteiger partial charge is 0.504 e. The van der Waals surface area contributed by atoms with Crippen molar-refractivity contribution in [1.29, 1.82) is 0 Å². The summed E-state index contributed by atoms with van der Waals surface area (Å²) in [6, 6.07) is 4.43. The molecule has 0 amide bonds. The summed E-state index contributed by atoms with van der Waals surface area (Å²) in [6.07, 6.45) is 3.79. The van der Waals surface area contributed by atoms with Gasteiger partial charge < -0.3 is 24.2 Å². The van der Waals surface area contributed by atoms with Crippen molar-refractivity contribution < 1.29 is 19.3 Å². The smallest absolute Gasteiger partial charge is 0.162 e. The average molecular weight is 345 g/mol. The monoisotopic (exact) mass is 345 g/mol. The van der Waals surface area contributed by atoms with Gasteiger partial charge in [-0.15, -0.1) is 0 Å². The fourth-order valence-electron chi connectivity index (χ4n) is 5.59. The van der Waals surface area contributed by atoms with E-state index in [1.807, 2.05) is 6.07 Å². The molecule has 1 aliphatic heterocycles. The van der Waals surface area contributed by atoms with Crippen molar-refractivity contribution in [3.8, 4) is 11.5 Å². The molecule has 5 heteroatoms. The number of ether oxygens (including phenoxy) is 3. The number of phenols is 1. The van der Waals surface area contributed by atoms with Gasteiger partial charge in [0, 0.05) is 18.0 Å². The number of hydrogen-bond donors (Lipinski definition) is 1. The number of fused-ring (bicyclic) bond motifs is 1. The second-order valence-electron chi connectivity index (χ2n) is 7.43. The highest BCUT2D eigenvalue weighted by molar-refractivity contribution is 5.59. The molecule has 136 valence electrons. The van der Waals surface area contributed by atoms with E-state index in [4.69, 9.17) is 14.2 Å². The third-order valence-corrected chi connectivity index (χ3v) is 6.64. The molecule has 1 fully saturated rings. The van der Waals surface area contributed by atoms with Crippen LogP contribution < -0.4 is 4.74 Å². The third-order valence-electron chi connectivity index (χ3n) is 6.64. The molecule has 2 bridgehead atoms. The van der Waals surface area contributed by atoms with Gasteiger partial charge in [-0.2, -0.15) is 0 Å². The highest BCUT2D eigenvalue weighted by Gasteiger charge is 2.59. The zero-order valence-electron chi connectivity index (χ0n) is 15.5. The molecule has 0 radical (unpaired) electrons. The van der Waals surface area contributed by atoms with Crippen molar-refractivity contribution >= 4 is 0 Å². The van der Waals surface area contributed by atoms with Crippen LogP contribution in [-0.4, -0.2) is 51.0 Å². The Balaban J connectivity index is 2.04. The molecule has 0 aromatic heterocycles. The van der Waals surface area contributed by atoms with Crippen LogP contribution in [-0.2, 0) is 21.3 Å². The second kappa shape index (κ2) is 5.84. The van der Waals surface area contributed by atoms with Gasteiger partial charge >= 0.3 is 0 Å². The van der Waals surface area contributed by atoms with Crippen LogP contribution in [0.3, 0.4) is 0 Å². The van der Waals surface area contributed by atoms with Crippen LogP contribution in [0.4, 0.5) is 0 Å². The predicted octanol–water partition coefficient (Wildman–Crippen LogP) is 2.81. The molecule has 2 aliphatic carbocycles. The number of piperidine rings is 1. The fourth-order valence-corrected chi connectivity index (χ4v) is 5.59. The molecule has 4 rings (SSSR count). The number of allylic oxidation sites excluding steroid dienone is 2. The first-order valence-electron chi connectivity index (χ1n) is 8.99. The van der Waals surface area contributed by atoms with E-state index < -0.39 is 0 Å². The summed E-state index contributed by atoms with van der Waals surface area (Å²) in [5, 5.41) is 11.1. The Hall–Kier alpha value is -1.88. The van der Waals surface area contributed by atoms with E-state index in [0.29, 0.717) is 17.7 Å². The van der Waals surface area contributed by atoms with E-state index in [1.165, 1.54) is 5.56 Å². The molecule has 3 unspecified atom stereocenters. The van der Waals surface area contributed by atoms with Crippen LogP contribution in [0.1, 0.15) is 30.4 Å². The number of likely N-dealkylation sites (tertiary alicyclic amines) is 1. The first kappa shape index (κ1) is 16.6. The number of rotatable bonds is 3. The molecule has 1 heterocycles. The second-order valence-corrected chi connectivity index (χ2v) is 7.43. The molecule has 5 nitrogen and oxygen atoms in total. The molecule has 25 heavy (non-hydrogen) atoms. The molecule has 1 N–H and O–H groups in total. The third kappa shape index (κ3) is 2.05. The molecule has 1 saturated heterocycles. The summed E-state index contributed by atoms with van der Waals surface area (Å²) >= 11 is 0. The normalized spacial score (nSPS) is 31.2. The van der Waals surface area contributed by atoms with Crippen LogP contribution in [0, 0.1) is 5.92 Å². The maximum Gasteiger partial charge on any atom is 0.162 e. The van der Waals surface area contributed by atoms with Crippen molar-refractivity contribution in [2.45, 2.75) is 37.1 Å². The van der Waals surface area contributed by atoms with E-state index in [2.05, 4.69) is 18.0 Å². The maximum absolute atomic E-state index is 11.1. The topological polar surface area (TPSA) is 51.2 Å². The van der Waals surface area contributed by atoms with Crippen LogP contribution in [0.25, 0.3) is 0 Å². The standard InChI is InChI=1S/C20H27NO4/c1-21-10-9-20-13(6-8-16(24-3)19(20)25-4)14(21)11-12-5-7-15(23-2)18(22)17(12)20/h5,7,13-14,22H,6,8-11H2,1-4H3. The lowest BCUT2D eigenvalue weighted by Crippen LogP contribution is -2.61. The number of likely N-dealkylation sites (N-methyl/N-ethyl adjacent to an activating group) is 1. The van der Waals surface area contributed by atoms with Crippen LogP contribution in [0.2, 0.25) is 0 Å². The van der Waals surface area contributed by atoms with Crippen molar-refractivity contribution in [2.75, 3.05) is 34.9 Å². The van der Waals surface area contributed by atoms with Gasteiger partial charge in [0.1, 0.15) is 11.5 Å². The summed E-state index contributed by atoms with van der Waals surface area (Å²) in [4.78, 5) is 2.47. The lowest BCUT2D eigenvalue weighted by Gasteiger charge is -2.58. The number of benzene rings is 1. The molecule has 0 saturated carbocycles. The summed E-state index contributed by atoms with van der Waals surface area (Å²) in [5.41, 5.74) is 1.85. The summed E-state index contributed by atoms with van der Waals surface area (Å²) in [5.74, 6) is 3.01. The maximum atomic E-state index is 11.1. The van der Waals surface area contributed by atoms with E-state index in [0.717, 1.165) is 49.3 Å². The number of nitrogens with zero attached hydrogens (tertiary/aromatic N) is 1. The summed E-state index contributed by atoms with van der Waals surface area (Å²) in [6.45, 7) is 0.973. The van der Waals surface area contributed by atoms with Gasteiger partial charge in [-0.05, 0) is 50.4 Å². The van der Waals surface area contributed by atoms with Gasteiger partial charge in [-0.25, -0.2) is 0 Å². The Kier molecular flexibility index (Phi) is 3.87. The van der Waals surface area contributed by atoms with Crippen LogP contribution in [0.15, 0.2) is 23.7 Å². The SMILES string of the molecule is COC1=C(OC)C23CCN(C)C(Cc4ccc(OC)c(O)c42)C3CC1. The van der Waals surface area contributed by atoms with E-state index >= 15 is 0 Å². The van der Waals surface area contributed by atoms with E-state index in [-0.39, 0.29) is 11.2 Å². The van der Waals surface area contributed by atoms with Crippen molar-refractivity contribution in [1.82, 2.24) is 4.90 Å². The molecule has 0 spiro atoms. The molecular formula is C20H27NO4. The minimum atomic E-state index is -0.332. The van der Waals surface area contributed by atoms with Gasteiger partial charge in [0.05, 0.1) is 26.7 Å². The Morgan fingerprint density at radius 1 is 1.16 bits per heavy atom. The molecule has 1 aromatic carbocycles. The molecular weight excluding hydrogens is 318 g/mol. The Labute approximate surface area is 149 Å². The summed E-state index contributed by atoms with van der Waals surface area (Å²) < 4.78 is 17.1. The molecule has 3 aliphatic rings. The van der Waals surface area contributed by atoms with Gasteiger partial charge in [0.25, 0.3) is 0 Å². The van der Waals surface area contributed by atoms with Crippen LogP contribution in [0.5, 0.6) is 11.5 Å². The summed E-state index contributed by atoms with van der Waals surface area (Å²) in [7, 11) is 7.26. The molecule has 1 aromatic rings. The first-order chi connectivity index (χ1) is 12.1.